The van der Waals surface area contributed by atoms with E-state index in [0.717, 1.165) is 5.56 Å². The number of carbonyl (C=O) groups excluding carboxylic acids is 1. The fraction of sp³-hybridized carbons (Fsp3) is 0.222. The Labute approximate surface area is 160 Å². The summed E-state index contributed by atoms with van der Waals surface area (Å²) in [4.78, 5) is 22.7. The lowest BCUT2D eigenvalue weighted by atomic mass is 10.0. The van der Waals surface area contributed by atoms with Crippen molar-refractivity contribution in [1.82, 2.24) is 10.6 Å². The molecule has 9 heteroatoms. The van der Waals surface area contributed by atoms with Crippen LogP contribution in [-0.2, 0) is 9.53 Å². The number of ether oxygens (including phenoxy) is 1. The van der Waals surface area contributed by atoms with Gasteiger partial charge in [0.05, 0.1) is 17.6 Å². The van der Waals surface area contributed by atoms with E-state index in [9.17, 15) is 14.9 Å². The summed E-state index contributed by atoms with van der Waals surface area (Å²) in [5.41, 5.74) is 2.40. The van der Waals surface area contributed by atoms with Gasteiger partial charge in [-0.15, -0.1) is 0 Å². The van der Waals surface area contributed by atoms with Gasteiger partial charge < -0.3 is 19.8 Å². The maximum Gasteiger partial charge on any atom is 0.338 e. The van der Waals surface area contributed by atoms with E-state index in [0.29, 0.717) is 33.5 Å². The maximum absolute atomic E-state index is 12.2. The number of methoxy groups -OCH3 is 1. The van der Waals surface area contributed by atoms with Gasteiger partial charge in [-0.1, -0.05) is 0 Å². The normalized spacial score (nSPS) is 16.6. The summed E-state index contributed by atoms with van der Waals surface area (Å²) in [5.74, 6) is 0.515. The van der Waals surface area contributed by atoms with E-state index in [1.807, 2.05) is 0 Å². The van der Waals surface area contributed by atoms with Gasteiger partial charge in [-0.3, -0.25) is 10.1 Å². The molecule has 0 amide bonds. The van der Waals surface area contributed by atoms with E-state index in [-0.39, 0.29) is 5.69 Å². The topological polar surface area (TPSA) is 107 Å². The molecule has 0 saturated heterocycles. The molecule has 1 atom stereocenters. The van der Waals surface area contributed by atoms with Crippen molar-refractivity contribution in [2.45, 2.75) is 19.9 Å². The number of rotatable bonds is 4. The lowest BCUT2D eigenvalue weighted by Gasteiger charge is -2.27. The molecular weight excluding hydrogens is 370 g/mol. The number of non-ortho nitro benzene ring substituents is 1. The van der Waals surface area contributed by atoms with Crippen LogP contribution >= 0.6 is 12.2 Å². The van der Waals surface area contributed by atoms with Crippen molar-refractivity contribution in [2.24, 2.45) is 0 Å². The highest BCUT2D eigenvalue weighted by molar-refractivity contribution is 7.80. The molecule has 0 bridgehead atoms. The fourth-order valence-corrected chi connectivity index (χ4v) is 3.25. The minimum Gasteiger partial charge on any atom is -0.466 e. The Hall–Kier alpha value is -3.20. The number of thiocarbonyl (C=S) groups is 1. The second-order valence-corrected chi connectivity index (χ2v) is 6.43. The summed E-state index contributed by atoms with van der Waals surface area (Å²) >= 11 is 5.18. The second-order valence-electron chi connectivity index (χ2n) is 6.02. The SMILES string of the molecule is COC(=O)C1=C(C)NC(=S)N[C@@H]1c1ccc(-c2ccc([N+](=O)[O-])cc2C)o1. The van der Waals surface area contributed by atoms with Gasteiger partial charge in [0.1, 0.15) is 17.6 Å². The number of carbonyl (C=O) groups is 1. The third-order valence-electron chi connectivity index (χ3n) is 4.27. The van der Waals surface area contributed by atoms with Crippen LogP contribution < -0.4 is 10.6 Å². The molecule has 1 aliphatic heterocycles. The number of esters is 1. The third-order valence-corrected chi connectivity index (χ3v) is 4.49. The van der Waals surface area contributed by atoms with Gasteiger partial charge in [-0.25, -0.2) is 4.79 Å². The Bertz CT molecular complexity index is 979. The number of nitrogens with zero attached hydrogens (tertiary/aromatic N) is 1. The van der Waals surface area contributed by atoms with Gasteiger partial charge in [-0.05, 0) is 49.8 Å². The monoisotopic (exact) mass is 387 g/mol. The number of furan rings is 1. The molecule has 0 fully saturated rings. The zero-order valence-corrected chi connectivity index (χ0v) is 15.7. The zero-order chi connectivity index (χ0) is 19.7. The highest BCUT2D eigenvalue weighted by atomic mass is 32.1. The number of aryl methyl sites for hydroxylation is 1. The van der Waals surface area contributed by atoms with E-state index in [1.165, 1.54) is 19.2 Å². The molecule has 0 radical (unpaired) electrons. The quantitative estimate of drug-likeness (QED) is 0.357. The number of nitrogens with one attached hydrogen (secondary N) is 2. The number of nitro groups is 1. The molecule has 140 valence electrons. The predicted molar refractivity (Wildman–Crippen MR) is 102 cm³/mol. The van der Waals surface area contributed by atoms with Crippen molar-refractivity contribution in [3.05, 3.63) is 63.0 Å². The van der Waals surface area contributed by atoms with Crippen LogP contribution in [0.4, 0.5) is 5.69 Å². The smallest absolute Gasteiger partial charge is 0.338 e. The van der Waals surface area contributed by atoms with E-state index < -0.39 is 16.9 Å². The minimum atomic E-state index is -0.599. The lowest BCUT2D eigenvalue weighted by molar-refractivity contribution is -0.384. The van der Waals surface area contributed by atoms with Gasteiger partial charge in [0, 0.05) is 23.4 Å². The molecule has 3 rings (SSSR count). The number of allylic oxidation sites excluding steroid dienone is 1. The van der Waals surface area contributed by atoms with Gasteiger partial charge in [0.2, 0.25) is 0 Å². The predicted octanol–water partition coefficient (Wildman–Crippen LogP) is 3.13. The standard InChI is InChI=1S/C18H17N3O5S/c1-9-8-11(21(23)24)4-5-12(9)13-6-7-14(26-13)16-15(17(22)25-3)10(2)19-18(27)20-16/h4-8,16H,1-3H3,(H2,19,20,27)/t16-/m1/s1. The van der Waals surface area contributed by atoms with Crippen LogP contribution in [0.5, 0.6) is 0 Å². The van der Waals surface area contributed by atoms with Gasteiger partial charge in [-0.2, -0.15) is 0 Å². The molecule has 0 saturated carbocycles. The Kier molecular flexibility index (Phi) is 4.95. The van der Waals surface area contributed by atoms with Crippen molar-refractivity contribution >= 4 is 29.0 Å². The number of benzene rings is 1. The summed E-state index contributed by atoms with van der Waals surface area (Å²) in [5, 5.41) is 17.2. The average molecular weight is 387 g/mol. The lowest BCUT2D eigenvalue weighted by Crippen LogP contribution is -2.44. The number of nitro benzene ring substituents is 1. The van der Waals surface area contributed by atoms with E-state index >= 15 is 0 Å². The zero-order valence-electron chi connectivity index (χ0n) is 14.9. The Morgan fingerprint density at radius 3 is 2.67 bits per heavy atom. The van der Waals surface area contributed by atoms with Crippen molar-refractivity contribution in [3.8, 4) is 11.3 Å². The first-order valence-electron chi connectivity index (χ1n) is 8.03. The first kappa shape index (κ1) is 18.6. The summed E-state index contributed by atoms with van der Waals surface area (Å²) in [7, 11) is 1.31. The van der Waals surface area contributed by atoms with Crippen LogP contribution in [0.3, 0.4) is 0 Å². The van der Waals surface area contributed by atoms with Crippen LogP contribution in [0.15, 0.2) is 46.0 Å². The van der Waals surface area contributed by atoms with Crippen molar-refractivity contribution in [1.29, 1.82) is 0 Å². The average Bonchev–Trinajstić information content (AvgIpc) is 3.10. The largest absolute Gasteiger partial charge is 0.466 e. The Balaban J connectivity index is 2.00. The van der Waals surface area contributed by atoms with Crippen LogP contribution in [0.2, 0.25) is 0 Å². The molecule has 8 nitrogen and oxygen atoms in total. The van der Waals surface area contributed by atoms with E-state index in [4.69, 9.17) is 21.4 Å². The highest BCUT2D eigenvalue weighted by Crippen LogP contribution is 2.33. The molecular formula is C18H17N3O5S. The molecule has 2 aromatic rings. The van der Waals surface area contributed by atoms with Crippen LogP contribution in [0.1, 0.15) is 24.3 Å². The fourth-order valence-electron chi connectivity index (χ4n) is 2.98. The second kappa shape index (κ2) is 7.20. The number of hydrogen-bond donors (Lipinski definition) is 2. The van der Waals surface area contributed by atoms with Crippen molar-refractivity contribution in [2.75, 3.05) is 7.11 Å². The summed E-state index contributed by atoms with van der Waals surface area (Å²) < 4.78 is 10.8. The van der Waals surface area contributed by atoms with Gasteiger partial charge in [0.25, 0.3) is 5.69 Å². The molecule has 1 aromatic heterocycles. The van der Waals surface area contributed by atoms with Crippen LogP contribution in [-0.4, -0.2) is 23.1 Å². The minimum absolute atomic E-state index is 0.0138. The number of hydrogen-bond acceptors (Lipinski definition) is 6. The molecule has 1 aliphatic rings. The van der Waals surface area contributed by atoms with E-state index in [2.05, 4.69) is 10.6 Å². The first-order chi connectivity index (χ1) is 12.8. The van der Waals surface area contributed by atoms with Gasteiger partial charge >= 0.3 is 5.97 Å². The molecule has 0 unspecified atom stereocenters. The first-order valence-corrected chi connectivity index (χ1v) is 8.44. The van der Waals surface area contributed by atoms with Crippen LogP contribution in [0.25, 0.3) is 11.3 Å². The summed E-state index contributed by atoms with van der Waals surface area (Å²) in [6.45, 7) is 3.50. The maximum atomic E-state index is 12.2. The summed E-state index contributed by atoms with van der Waals surface area (Å²) in [6, 6.07) is 7.43. The highest BCUT2D eigenvalue weighted by Gasteiger charge is 2.32. The molecule has 27 heavy (non-hydrogen) atoms. The Morgan fingerprint density at radius 1 is 1.30 bits per heavy atom. The van der Waals surface area contributed by atoms with Gasteiger partial charge in [0.15, 0.2) is 5.11 Å². The molecule has 1 aromatic carbocycles. The molecule has 2 N–H and O–H groups in total. The summed E-state index contributed by atoms with van der Waals surface area (Å²) in [6.07, 6.45) is 0. The molecule has 2 heterocycles. The third kappa shape index (κ3) is 3.54. The molecule has 0 aliphatic carbocycles. The van der Waals surface area contributed by atoms with Crippen molar-refractivity contribution < 1.29 is 18.9 Å². The van der Waals surface area contributed by atoms with E-state index in [1.54, 1.807) is 32.0 Å². The Morgan fingerprint density at radius 2 is 2.04 bits per heavy atom. The van der Waals surface area contributed by atoms with Crippen molar-refractivity contribution in [3.63, 3.8) is 0 Å². The van der Waals surface area contributed by atoms with Crippen LogP contribution in [0, 0.1) is 17.0 Å². The molecule has 0 spiro atoms.